The smallest absolute Gasteiger partial charge is 0.254 e. The number of nitrogens with one attached hydrogen (secondary N) is 1. The maximum atomic E-state index is 13.4. The molecule has 2 aliphatic rings. The Hall–Kier alpha value is -2.29. The first kappa shape index (κ1) is 24.8. The Balaban J connectivity index is 1.55. The topological polar surface area (TPSA) is 78.7 Å². The van der Waals surface area contributed by atoms with Crippen LogP contribution in [0, 0.1) is 11.7 Å². The van der Waals surface area contributed by atoms with E-state index in [1.165, 1.54) is 61.2 Å². The van der Waals surface area contributed by atoms with Crippen molar-refractivity contribution in [3.8, 4) is 0 Å². The summed E-state index contributed by atoms with van der Waals surface area (Å²) in [6.07, 6.45) is 6.94. The Morgan fingerprint density at radius 3 is 2.59 bits per heavy atom. The second kappa shape index (κ2) is 11.9. The van der Waals surface area contributed by atoms with Gasteiger partial charge in [0.1, 0.15) is 11.9 Å². The molecule has 1 aromatic heterocycles. The molecule has 34 heavy (non-hydrogen) atoms. The number of nitrogens with two attached hydrogens (primary N) is 1. The first-order valence-electron chi connectivity index (χ1n) is 12.4. The number of thiophene rings is 1. The van der Waals surface area contributed by atoms with Gasteiger partial charge in [0, 0.05) is 49.2 Å². The highest BCUT2D eigenvalue weighted by atomic mass is 32.1. The van der Waals surface area contributed by atoms with Crippen LogP contribution in [0.25, 0.3) is 0 Å². The number of halogens is 1. The second-order valence-electron chi connectivity index (χ2n) is 9.46. The van der Waals surface area contributed by atoms with Crippen LogP contribution < -0.4 is 11.1 Å². The standard InChI is InChI=1S/C26H35FN4O2S/c27-21-10-8-20(9-11-21)26(33)31-17-22(15-24(31)25(32)29-13-12-28)30(18-23-7-4-14-34-23)16-19-5-2-1-3-6-19/h4,7-11,14,19,22,24H,1-3,5-6,12-13,15-18,28H2,(H,29,32). The van der Waals surface area contributed by atoms with Gasteiger partial charge in [-0.3, -0.25) is 14.5 Å². The van der Waals surface area contributed by atoms with E-state index in [4.69, 9.17) is 5.73 Å². The molecule has 1 aliphatic heterocycles. The second-order valence-corrected chi connectivity index (χ2v) is 10.5. The van der Waals surface area contributed by atoms with E-state index in [0.29, 0.717) is 37.5 Å². The Labute approximate surface area is 205 Å². The van der Waals surface area contributed by atoms with Gasteiger partial charge in [-0.25, -0.2) is 4.39 Å². The van der Waals surface area contributed by atoms with Crippen LogP contribution >= 0.6 is 11.3 Å². The fourth-order valence-electron chi connectivity index (χ4n) is 5.27. The number of carbonyl (C=O) groups excluding carboxylic acids is 2. The first-order chi connectivity index (χ1) is 16.5. The molecule has 0 bridgehead atoms. The molecule has 3 N–H and O–H groups in total. The van der Waals surface area contributed by atoms with Crippen molar-refractivity contribution in [2.45, 2.75) is 57.2 Å². The number of benzene rings is 1. The number of rotatable bonds is 9. The van der Waals surface area contributed by atoms with Crippen LogP contribution in [0.5, 0.6) is 0 Å². The minimum Gasteiger partial charge on any atom is -0.353 e. The van der Waals surface area contributed by atoms with Gasteiger partial charge in [-0.2, -0.15) is 0 Å². The maximum Gasteiger partial charge on any atom is 0.254 e. The molecule has 0 spiro atoms. The average Bonchev–Trinajstić information content (AvgIpc) is 3.53. The van der Waals surface area contributed by atoms with E-state index >= 15 is 0 Å². The number of amides is 2. The van der Waals surface area contributed by atoms with Crippen LogP contribution in [0.2, 0.25) is 0 Å². The van der Waals surface area contributed by atoms with Crippen molar-refractivity contribution in [2.75, 3.05) is 26.2 Å². The molecule has 2 aromatic rings. The third-order valence-corrected chi connectivity index (χ3v) is 7.91. The summed E-state index contributed by atoms with van der Waals surface area (Å²) in [7, 11) is 0. The molecule has 1 aliphatic carbocycles. The summed E-state index contributed by atoms with van der Waals surface area (Å²) in [6.45, 7) is 3.02. The van der Waals surface area contributed by atoms with Crippen LogP contribution in [0.15, 0.2) is 41.8 Å². The number of hydrogen-bond donors (Lipinski definition) is 2. The summed E-state index contributed by atoms with van der Waals surface area (Å²) >= 11 is 1.74. The van der Waals surface area contributed by atoms with Crippen LogP contribution in [0.4, 0.5) is 4.39 Å². The molecule has 8 heteroatoms. The highest BCUT2D eigenvalue weighted by molar-refractivity contribution is 7.09. The van der Waals surface area contributed by atoms with E-state index in [1.807, 2.05) is 0 Å². The summed E-state index contributed by atoms with van der Waals surface area (Å²) in [6, 6.07) is 9.30. The van der Waals surface area contributed by atoms with Gasteiger partial charge in [0.15, 0.2) is 0 Å². The normalized spacial score (nSPS) is 21.2. The third kappa shape index (κ3) is 6.23. The molecule has 2 heterocycles. The van der Waals surface area contributed by atoms with Gasteiger partial charge < -0.3 is 16.0 Å². The van der Waals surface area contributed by atoms with E-state index < -0.39 is 6.04 Å². The third-order valence-electron chi connectivity index (χ3n) is 7.05. The molecule has 2 unspecified atom stereocenters. The van der Waals surface area contributed by atoms with Crippen LogP contribution in [0.3, 0.4) is 0 Å². The number of carbonyl (C=O) groups is 2. The summed E-state index contributed by atoms with van der Waals surface area (Å²) in [5.41, 5.74) is 5.99. The van der Waals surface area contributed by atoms with Gasteiger partial charge in [-0.15, -0.1) is 11.3 Å². The predicted molar refractivity (Wildman–Crippen MR) is 133 cm³/mol. The molecular formula is C26H35FN4O2S. The molecule has 1 saturated carbocycles. The van der Waals surface area contributed by atoms with Gasteiger partial charge in [-0.05, 0) is 60.9 Å². The van der Waals surface area contributed by atoms with E-state index in [-0.39, 0.29) is 23.7 Å². The molecule has 1 aromatic carbocycles. The van der Waals surface area contributed by atoms with Crippen LogP contribution in [0.1, 0.15) is 53.8 Å². The molecule has 2 fully saturated rings. The van der Waals surface area contributed by atoms with Crippen molar-refractivity contribution >= 4 is 23.2 Å². The van der Waals surface area contributed by atoms with E-state index in [2.05, 4.69) is 27.7 Å². The number of nitrogens with zero attached hydrogens (tertiary/aromatic N) is 2. The van der Waals surface area contributed by atoms with E-state index in [1.54, 1.807) is 16.2 Å². The highest BCUT2D eigenvalue weighted by Crippen LogP contribution is 2.31. The molecule has 0 radical (unpaired) electrons. The van der Waals surface area contributed by atoms with Crippen molar-refractivity contribution in [1.29, 1.82) is 0 Å². The molecule has 2 amide bonds. The van der Waals surface area contributed by atoms with Crippen LogP contribution in [-0.2, 0) is 11.3 Å². The Kier molecular flexibility index (Phi) is 8.69. The zero-order chi connectivity index (χ0) is 23.9. The maximum absolute atomic E-state index is 13.4. The highest BCUT2D eigenvalue weighted by Gasteiger charge is 2.42. The van der Waals surface area contributed by atoms with Crippen LogP contribution in [-0.4, -0.2) is 59.9 Å². The molecule has 2 atom stereocenters. The lowest BCUT2D eigenvalue weighted by Crippen LogP contribution is -2.47. The Morgan fingerprint density at radius 2 is 1.91 bits per heavy atom. The fraction of sp³-hybridized carbons (Fsp3) is 0.538. The minimum absolute atomic E-state index is 0.0852. The number of hydrogen-bond acceptors (Lipinski definition) is 5. The van der Waals surface area contributed by atoms with Crippen molar-refractivity contribution in [3.05, 3.63) is 58.0 Å². The lowest BCUT2D eigenvalue weighted by molar-refractivity contribution is -0.124. The fourth-order valence-corrected chi connectivity index (χ4v) is 6.00. The average molecular weight is 487 g/mol. The van der Waals surface area contributed by atoms with E-state index in [0.717, 1.165) is 13.1 Å². The molecular weight excluding hydrogens is 451 g/mol. The minimum atomic E-state index is -0.564. The lowest BCUT2D eigenvalue weighted by Gasteiger charge is -2.33. The van der Waals surface area contributed by atoms with Gasteiger partial charge in [0.2, 0.25) is 5.91 Å². The molecule has 184 valence electrons. The summed E-state index contributed by atoms with van der Waals surface area (Å²) in [5, 5.41) is 4.97. The molecule has 6 nitrogen and oxygen atoms in total. The summed E-state index contributed by atoms with van der Waals surface area (Å²) in [4.78, 5) is 31.9. The van der Waals surface area contributed by atoms with Crippen molar-refractivity contribution < 1.29 is 14.0 Å². The monoisotopic (exact) mass is 486 g/mol. The Bertz CT molecular complexity index is 931. The van der Waals surface area contributed by atoms with Crippen molar-refractivity contribution in [2.24, 2.45) is 11.7 Å². The molecule has 4 rings (SSSR count). The van der Waals surface area contributed by atoms with Crippen molar-refractivity contribution in [3.63, 3.8) is 0 Å². The molecule has 1 saturated heterocycles. The Morgan fingerprint density at radius 1 is 1.15 bits per heavy atom. The lowest BCUT2D eigenvalue weighted by atomic mass is 9.88. The SMILES string of the molecule is NCCNC(=O)C1CC(N(Cc2cccs2)CC2CCCCC2)CN1C(=O)c1ccc(F)cc1. The summed E-state index contributed by atoms with van der Waals surface area (Å²) in [5.74, 6) is -0.135. The quantitative estimate of drug-likeness (QED) is 0.567. The number of likely N-dealkylation sites (tertiary alicyclic amines) is 1. The van der Waals surface area contributed by atoms with Gasteiger partial charge in [0.25, 0.3) is 5.91 Å². The summed E-state index contributed by atoms with van der Waals surface area (Å²) < 4.78 is 13.4. The zero-order valence-corrected chi connectivity index (χ0v) is 20.4. The first-order valence-corrected chi connectivity index (χ1v) is 13.2. The van der Waals surface area contributed by atoms with Gasteiger partial charge in [0.05, 0.1) is 0 Å². The van der Waals surface area contributed by atoms with E-state index in [9.17, 15) is 14.0 Å². The van der Waals surface area contributed by atoms with Crippen molar-refractivity contribution in [1.82, 2.24) is 15.1 Å². The van der Waals surface area contributed by atoms with Gasteiger partial charge >= 0.3 is 0 Å². The predicted octanol–water partition coefficient (Wildman–Crippen LogP) is 3.63. The zero-order valence-electron chi connectivity index (χ0n) is 19.6. The largest absolute Gasteiger partial charge is 0.353 e. The van der Waals surface area contributed by atoms with Gasteiger partial charge in [-0.1, -0.05) is 25.3 Å².